The number of benzene rings is 4. The molecule has 0 bridgehead atoms. The maximum Gasteiger partial charge on any atom is 0.312 e. The monoisotopic (exact) mass is 636 g/mol. The van der Waals surface area contributed by atoms with E-state index in [-0.39, 0.29) is 24.4 Å². The van der Waals surface area contributed by atoms with Crippen molar-refractivity contribution < 1.29 is 13.9 Å². The van der Waals surface area contributed by atoms with Crippen LogP contribution in [0.25, 0.3) is 33.4 Å². The van der Waals surface area contributed by atoms with Crippen molar-refractivity contribution in [2.75, 3.05) is 0 Å². The molecule has 6 aromatic rings. The predicted octanol–water partition coefficient (Wildman–Crippen LogP) is 9.18. The van der Waals surface area contributed by atoms with Crippen molar-refractivity contribution in [2.24, 2.45) is 11.3 Å². The molecule has 0 saturated heterocycles. The van der Waals surface area contributed by atoms with E-state index in [4.69, 9.17) is 9.84 Å². The van der Waals surface area contributed by atoms with E-state index in [1.165, 1.54) is 12.1 Å². The average Bonchev–Trinajstić information content (AvgIpc) is 3.74. The Morgan fingerprint density at radius 2 is 1.54 bits per heavy atom. The van der Waals surface area contributed by atoms with Gasteiger partial charge in [-0.2, -0.15) is 5.10 Å². The number of aromatic nitrogens is 4. The summed E-state index contributed by atoms with van der Waals surface area (Å²) in [4.78, 5) is 17.1. The second-order valence-electron chi connectivity index (χ2n) is 13.2. The number of esters is 1. The third kappa shape index (κ3) is 5.66. The molecule has 0 radical (unpaired) electrons. The smallest absolute Gasteiger partial charge is 0.312 e. The van der Waals surface area contributed by atoms with E-state index in [0.717, 1.165) is 51.0 Å². The molecule has 0 aliphatic heterocycles. The van der Waals surface area contributed by atoms with Gasteiger partial charge in [-0.1, -0.05) is 91.0 Å². The lowest BCUT2D eigenvalue weighted by atomic mass is 9.70. The minimum absolute atomic E-state index is 0.0440. The van der Waals surface area contributed by atoms with Crippen LogP contribution in [-0.2, 0) is 21.8 Å². The van der Waals surface area contributed by atoms with Crippen LogP contribution in [-0.4, -0.2) is 25.3 Å². The van der Waals surface area contributed by atoms with Crippen molar-refractivity contribution in [2.45, 2.75) is 39.5 Å². The summed E-state index contributed by atoms with van der Waals surface area (Å²) in [5.41, 5.74) is 5.81. The summed E-state index contributed by atoms with van der Waals surface area (Å²) < 4.78 is 23.8. The van der Waals surface area contributed by atoms with Crippen molar-refractivity contribution in [3.05, 3.63) is 157 Å². The summed E-state index contributed by atoms with van der Waals surface area (Å²) in [6, 6.07) is 33.6. The molecule has 2 aromatic heterocycles. The molecule has 1 aliphatic rings. The van der Waals surface area contributed by atoms with Gasteiger partial charge in [0.05, 0.1) is 22.8 Å². The molecule has 4 aromatic carbocycles. The predicted molar refractivity (Wildman–Crippen MR) is 187 cm³/mol. The number of carbonyl (C=O) groups excluding carboxylic acids is 1. The van der Waals surface area contributed by atoms with E-state index in [0.29, 0.717) is 0 Å². The highest BCUT2D eigenvalue weighted by Gasteiger charge is 2.44. The van der Waals surface area contributed by atoms with Gasteiger partial charge in [0.1, 0.15) is 17.1 Å². The highest BCUT2D eigenvalue weighted by Crippen LogP contribution is 2.46. The summed E-state index contributed by atoms with van der Waals surface area (Å²) in [5, 5.41) is 5.41. The number of rotatable bonds is 8. The number of allylic oxidation sites excluding steroid dienone is 4. The van der Waals surface area contributed by atoms with E-state index >= 15 is 0 Å². The highest BCUT2D eigenvalue weighted by molar-refractivity contribution is 5.87. The van der Waals surface area contributed by atoms with Gasteiger partial charge in [0.15, 0.2) is 6.73 Å². The molecule has 1 unspecified atom stereocenters. The lowest BCUT2D eigenvalue weighted by molar-refractivity contribution is -0.156. The number of hydrogen-bond acceptors (Lipinski definition) is 4. The minimum atomic E-state index is -0.705. The van der Waals surface area contributed by atoms with Crippen LogP contribution in [0.4, 0.5) is 4.39 Å². The number of hydrogen-bond donors (Lipinski definition) is 0. The summed E-state index contributed by atoms with van der Waals surface area (Å²) >= 11 is 0. The molecule has 0 saturated carbocycles. The van der Waals surface area contributed by atoms with Gasteiger partial charge in [-0.25, -0.2) is 9.37 Å². The first kappa shape index (κ1) is 31.1. The standard InChI is InChI=1S/C41H37FN4O2/c1-40(2,3)39(47)48-28-45-27-43-36-24-21-30(25-37(36)45)35-26-46(44-38(35)29-19-22-34(42)23-20-29)41(31-13-7-4-8-14-31,32-15-9-5-10-16-32)33-17-11-6-12-18-33/h4-17,19-27,33H,18,28H2,1-3H3. The second-order valence-corrected chi connectivity index (χ2v) is 13.2. The number of fused-ring (bicyclic) bond motifs is 1. The molecule has 7 rings (SSSR count). The van der Waals surface area contributed by atoms with Crippen LogP contribution in [0, 0.1) is 17.2 Å². The van der Waals surface area contributed by atoms with Crippen LogP contribution >= 0.6 is 0 Å². The van der Waals surface area contributed by atoms with Crippen molar-refractivity contribution in [3.63, 3.8) is 0 Å². The van der Waals surface area contributed by atoms with Gasteiger partial charge in [-0.15, -0.1) is 0 Å². The summed E-state index contributed by atoms with van der Waals surface area (Å²) in [6.07, 6.45) is 13.3. The summed E-state index contributed by atoms with van der Waals surface area (Å²) in [5.74, 6) is -0.551. The number of halogens is 1. The summed E-state index contributed by atoms with van der Waals surface area (Å²) in [7, 11) is 0. The molecule has 1 aliphatic carbocycles. The lowest BCUT2D eigenvalue weighted by Crippen LogP contribution is -2.43. The van der Waals surface area contributed by atoms with Crippen LogP contribution in [0.15, 0.2) is 140 Å². The molecule has 0 fully saturated rings. The van der Waals surface area contributed by atoms with Gasteiger partial charge in [-0.3, -0.25) is 14.0 Å². The number of nitrogens with zero attached hydrogens (tertiary/aromatic N) is 4. The maximum absolute atomic E-state index is 14.2. The molecule has 240 valence electrons. The quantitative estimate of drug-likeness (QED) is 0.156. The van der Waals surface area contributed by atoms with Crippen LogP contribution in [0.3, 0.4) is 0 Å². The fraction of sp³-hybridized carbons (Fsp3) is 0.195. The zero-order valence-corrected chi connectivity index (χ0v) is 27.3. The molecule has 2 heterocycles. The number of carbonyl (C=O) groups is 1. The van der Waals surface area contributed by atoms with E-state index in [1.54, 1.807) is 18.5 Å². The van der Waals surface area contributed by atoms with Gasteiger partial charge in [0.2, 0.25) is 0 Å². The van der Waals surface area contributed by atoms with E-state index in [1.807, 2.05) is 49.6 Å². The topological polar surface area (TPSA) is 61.9 Å². The van der Waals surface area contributed by atoms with Gasteiger partial charge in [0.25, 0.3) is 0 Å². The second kappa shape index (κ2) is 12.6. The van der Waals surface area contributed by atoms with Crippen molar-refractivity contribution >= 4 is 17.0 Å². The van der Waals surface area contributed by atoms with Gasteiger partial charge >= 0.3 is 5.97 Å². The van der Waals surface area contributed by atoms with E-state index < -0.39 is 11.0 Å². The average molecular weight is 637 g/mol. The van der Waals surface area contributed by atoms with Gasteiger partial charge in [0, 0.05) is 23.2 Å². The van der Waals surface area contributed by atoms with Gasteiger partial charge in [-0.05, 0) is 80.3 Å². The highest BCUT2D eigenvalue weighted by atomic mass is 19.1. The zero-order valence-electron chi connectivity index (χ0n) is 27.3. The van der Waals surface area contributed by atoms with Crippen molar-refractivity contribution in [1.82, 2.24) is 19.3 Å². The van der Waals surface area contributed by atoms with Crippen molar-refractivity contribution in [1.29, 1.82) is 0 Å². The van der Waals surface area contributed by atoms with E-state index in [9.17, 15) is 9.18 Å². The zero-order chi connectivity index (χ0) is 33.3. The number of ether oxygens (including phenoxy) is 1. The Labute approximate surface area is 279 Å². The van der Waals surface area contributed by atoms with Crippen LogP contribution in [0.1, 0.15) is 38.3 Å². The Morgan fingerprint density at radius 1 is 0.875 bits per heavy atom. The molecule has 6 nitrogen and oxygen atoms in total. The Morgan fingerprint density at radius 3 is 2.17 bits per heavy atom. The fourth-order valence-corrected chi connectivity index (χ4v) is 6.56. The molecular formula is C41H37FN4O2. The van der Waals surface area contributed by atoms with Crippen LogP contribution in [0.2, 0.25) is 0 Å². The van der Waals surface area contributed by atoms with Gasteiger partial charge < -0.3 is 4.74 Å². The lowest BCUT2D eigenvalue weighted by Gasteiger charge is -2.41. The van der Waals surface area contributed by atoms with Crippen LogP contribution < -0.4 is 0 Å². The first-order chi connectivity index (χ1) is 23.2. The molecular weight excluding hydrogens is 599 g/mol. The Kier molecular flexibility index (Phi) is 8.13. The Bertz CT molecular complexity index is 2080. The fourth-order valence-electron chi connectivity index (χ4n) is 6.56. The Balaban J connectivity index is 1.45. The molecule has 0 spiro atoms. The molecule has 1 atom stereocenters. The van der Waals surface area contributed by atoms with E-state index in [2.05, 4.69) is 94.8 Å². The Hall–Kier alpha value is -5.56. The minimum Gasteiger partial charge on any atom is -0.443 e. The normalized spacial score (nSPS) is 14.8. The first-order valence-electron chi connectivity index (χ1n) is 16.2. The first-order valence-corrected chi connectivity index (χ1v) is 16.2. The third-order valence-electron chi connectivity index (χ3n) is 9.02. The maximum atomic E-state index is 14.2. The molecule has 0 amide bonds. The molecule has 0 N–H and O–H groups in total. The molecule has 48 heavy (non-hydrogen) atoms. The van der Waals surface area contributed by atoms with Crippen LogP contribution in [0.5, 0.6) is 0 Å². The SMILES string of the molecule is CC(C)(C)C(=O)OCn1cnc2ccc(-c3cn(C(c4ccccc4)(c4ccccc4)C4C=CC=CC4)nc3-c3ccc(F)cc3)cc21. The number of imidazole rings is 1. The largest absolute Gasteiger partial charge is 0.443 e. The molecule has 7 heteroatoms. The third-order valence-corrected chi connectivity index (χ3v) is 9.02. The summed E-state index contributed by atoms with van der Waals surface area (Å²) in [6.45, 7) is 5.54. The van der Waals surface area contributed by atoms with Crippen molar-refractivity contribution in [3.8, 4) is 22.4 Å².